The van der Waals surface area contributed by atoms with Crippen LogP contribution < -0.4 is 5.32 Å². The third-order valence-electron chi connectivity index (χ3n) is 4.33. The number of H-pyrrole nitrogens is 1. The third kappa shape index (κ3) is 2.62. The lowest BCUT2D eigenvalue weighted by molar-refractivity contribution is -0.117. The maximum Gasteiger partial charge on any atom is 0.335 e. The van der Waals surface area contributed by atoms with E-state index < -0.39 is 5.97 Å². The van der Waals surface area contributed by atoms with Crippen LogP contribution in [0.25, 0.3) is 11.0 Å². The van der Waals surface area contributed by atoms with E-state index >= 15 is 0 Å². The zero-order valence-electron chi connectivity index (χ0n) is 12.7. The van der Waals surface area contributed by atoms with Gasteiger partial charge in [0.1, 0.15) is 0 Å². The SMILES string of the molecule is O=C(O)c1ccc2nc(NC(=O)C3CC3c3ccccc3)[nH]c2c1. The van der Waals surface area contributed by atoms with E-state index in [0.717, 1.165) is 6.42 Å². The van der Waals surface area contributed by atoms with Gasteiger partial charge in [0.2, 0.25) is 11.9 Å². The number of aromatic amines is 1. The molecule has 0 bridgehead atoms. The summed E-state index contributed by atoms with van der Waals surface area (Å²) < 4.78 is 0. The molecule has 6 heteroatoms. The second kappa shape index (κ2) is 5.49. The zero-order valence-corrected chi connectivity index (χ0v) is 12.7. The number of hydrogen-bond donors (Lipinski definition) is 3. The second-order valence-electron chi connectivity index (χ2n) is 5.97. The Kier molecular flexibility index (Phi) is 3.30. The standard InChI is InChI=1S/C18H15N3O3/c22-16(13-9-12(13)10-4-2-1-3-5-10)21-18-19-14-7-6-11(17(23)24)8-15(14)20-18/h1-8,12-13H,9H2,(H,23,24)(H2,19,20,21,22). The van der Waals surface area contributed by atoms with Gasteiger partial charge >= 0.3 is 5.97 Å². The summed E-state index contributed by atoms with van der Waals surface area (Å²) in [5, 5.41) is 11.8. The number of aromatic carboxylic acids is 1. The van der Waals surface area contributed by atoms with Crippen molar-refractivity contribution in [3.05, 3.63) is 59.7 Å². The van der Waals surface area contributed by atoms with Gasteiger partial charge in [0.25, 0.3) is 0 Å². The molecule has 3 N–H and O–H groups in total. The molecule has 4 rings (SSSR count). The first kappa shape index (κ1) is 14.4. The fourth-order valence-corrected chi connectivity index (χ4v) is 2.96. The quantitative estimate of drug-likeness (QED) is 0.688. The van der Waals surface area contributed by atoms with Crippen molar-refractivity contribution in [3.63, 3.8) is 0 Å². The smallest absolute Gasteiger partial charge is 0.335 e. The van der Waals surface area contributed by atoms with Crippen LogP contribution in [0.15, 0.2) is 48.5 Å². The average molecular weight is 321 g/mol. The number of hydrogen-bond acceptors (Lipinski definition) is 3. The lowest BCUT2D eigenvalue weighted by atomic mass is 10.1. The molecule has 0 aliphatic heterocycles. The first-order chi connectivity index (χ1) is 11.6. The van der Waals surface area contributed by atoms with E-state index in [1.807, 2.05) is 30.3 Å². The van der Waals surface area contributed by atoms with Crippen molar-refractivity contribution < 1.29 is 14.7 Å². The van der Waals surface area contributed by atoms with Crippen molar-refractivity contribution in [1.29, 1.82) is 0 Å². The maximum absolute atomic E-state index is 12.3. The van der Waals surface area contributed by atoms with E-state index in [9.17, 15) is 9.59 Å². The summed E-state index contributed by atoms with van der Waals surface area (Å²) in [5.74, 6) is -0.511. The van der Waals surface area contributed by atoms with Gasteiger partial charge in [-0.1, -0.05) is 30.3 Å². The monoisotopic (exact) mass is 321 g/mol. The second-order valence-corrected chi connectivity index (χ2v) is 5.97. The Hall–Kier alpha value is -3.15. The number of carboxylic acid groups (broad SMARTS) is 1. The minimum atomic E-state index is -0.999. The highest BCUT2D eigenvalue weighted by Gasteiger charge is 2.44. The molecule has 1 aliphatic carbocycles. The number of nitrogens with zero attached hydrogens (tertiary/aromatic N) is 1. The highest BCUT2D eigenvalue weighted by molar-refractivity contribution is 5.96. The number of fused-ring (bicyclic) bond motifs is 1. The van der Waals surface area contributed by atoms with Crippen LogP contribution in [0.2, 0.25) is 0 Å². The van der Waals surface area contributed by atoms with Crippen LogP contribution in [-0.4, -0.2) is 27.0 Å². The molecule has 1 fully saturated rings. The topological polar surface area (TPSA) is 95.1 Å². The Balaban J connectivity index is 1.48. The zero-order chi connectivity index (χ0) is 16.7. The number of amides is 1. The summed E-state index contributed by atoms with van der Waals surface area (Å²) in [7, 11) is 0. The highest BCUT2D eigenvalue weighted by Crippen LogP contribution is 2.47. The van der Waals surface area contributed by atoms with Gasteiger partial charge in [-0.2, -0.15) is 0 Å². The molecule has 6 nitrogen and oxygen atoms in total. The lowest BCUT2D eigenvalue weighted by Crippen LogP contribution is -2.15. The Labute approximate surface area is 137 Å². The Bertz CT molecular complexity index is 933. The number of imidazole rings is 1. The lowest BCUT2D eigenvalue weighted by Gasteiger charge is -2.01. The number of benzene rings is 2. The van der Waals surface area contributed by atoms with E-state index in [-0.39, 0.29) is 23.3 Å². The van der Waals surface area contributed by atoms with Crippen LogP contribution in [0.3, 0.4) is 0 Å². The number of carbonyl (C=O) groups excluding carboxylic acids is 1. The van der Waals surface area contributed by atoms with Gasteiger partial charge in [-0.3, -0.25) is 10.1 Å². The van der Waals surface area contributed by atoms with Crippen molar-refractivity contribution in [1.82, 2.24) is 9.97 Å². The molecular weight excluding hydrogens is 306 g/mol. The molecule has 1 heterocycles. The summed E-state index contributed by atoms with van der Waals surface area (Å²) in [6.45, 7) is 0. The molecule has 2 unspecified atom stereocenters. The number of rotatable bonds is 4. The fraction of sp³-hybridized carbons (Fsp3) is 0.167. The largest absolute Gasteiger partial charge is 0.478 e. The van der Waals surface area contributed by atoms with Gasteiger partial charge in [-0.15, -0.1) is 0 Å². The predicted molar refractivity (Wildman–Crippen MR) is 89.0 cm³/mol. The van der Waals surface area contributed by atoms with E-state index in [2.05, 4.69) is 15.3 Å². The first-order valence-electron chi connectivity index (χ1n) is 7.70. The van der Waals surface area contributed by atoms with Crippen molar-refractivity contribution in [2.45, 2.75) is 12.3 Å². The van der Waals surface area contributed by atoms with Crippen LogP contribution >= 0.6 is 0 Å². The predicted octanol–water partition coefficient (Wildman–Crippen LogP) is 3.00. The van der Waals surface area contributed by atoms with Crippen molar-refractivity contribution >= 4 is 28.9 Å². The molecule has 0 spiro atoms. The minimum Gasteiger partial charge on any atom is -0.478 e. The summed E-state index contributed by atoms with van der Waals surface area (Å²) in [6.07, 6.45) is 0.833. The number of nitrogens with one attached hydrogen (secondary N) is 2. The van der Waals surface area contributed by atoms with Gasteiger partial charge in [-0.25, -0.2) is 9.78 Å². The van der Waals surface area contributed by atoms with Crippen LogP contribution in [0.5, 0.6) is 0 Å². The van der Waals surface area contributed by atoms with Crippen LogP contribution in [-0.2, 0) is 4.79 Å². The summed E-state index contributed by atoms with van der Waals surface area (Å²) in [4.78, 5) is 30.6. The van der Waals surface area contributed by atoms with E-state index in [1.54, 1.807) is 6.07 Å². The third-order valence-corrected chi connectivity index (χ3v) is 4.33. The maximum atomic E-state index is 12.3. The molecule has 2 atom stereocenters. The molecule has 1 saturated carbocycles. The van der Waals surface area contributed by atoms with E-state index in [1.165, 1.54) is 17.7 Å². The van der Waals surface area contributed by atoms with E-state index in [4.69, 9.17) is 5.11 Å². The van der Waals surface area contributed by atoms with Gasteiger partial charge in [-0.05, 0) is 36.1 Å². The molecule has 1 amide bonds. The van der Waals surface area contributed by atoms with Crippen LogP contribution in [0, 0.1) is 5.92 Å². The van der Waals surface area contributed by atoms with Crippen molar-refractivity contribution in [2.24, 2.45) is 5.92 Å². The van der Waals surface area contributed by atoms with Gasteiger partial charge in [0, 0.05) is 5.92 Å². The number of carboxylic acids is 1. The molecule has 120 valence electrons. The summed E-state index contributed by atoms with van der Waals surface area (Å²) in [5.41, 5.74) is 2.55. The number of carbonyl (C=O) groups is 2. The molecular formula is C18H15N3O3. The Morgan fingerprint density at radius 2 is 1.96 bits per heavy atom. The van der Waals surface area contributed by atoms with Crippen LogP contribution in [0.4, 0.5) is 5.95 Å². The first-order valence-corrected chi connectivity index (χ1v) is 7.70. The molecule has 2 aromatic carbocycles. The molecule has 0 saturated heterocycles. The molecule has 24 heavy (non-hydrogen) atoms. The van der Waals surface area contributed by atoms with Gasteiger partial charge in [0.05, 0.1) is 16.6 Å². The Morgan fingerprint density at radius 3 is 2.71 bits per heavy atom. The minimum absolute atomic E-state index is 0.0461. The molecule has 1 aliphatic rings. The van der Waals surface area contributed by atoms with E-state index in [0.29, 0.717) is 17.0 Å². The molecule has 0 radical (unpaired) electrons. The molecule has 1 aromatic heterocycles. The highest BCUT2D eigenvalue weighted by atomic mass is 16.4. The number of anilines is 1. The number of aromatic nitrogens is 2. The average Bonchev–Trinajstić information content (AvgIpc) is 3.29. The van der Waals surface area contributed by atoms with Crippen molar-refractivity contribution in [3.8, 4) is 0 Å². The molecule has 3 aromatic rings. The van der Waals surface area contributed by atoms with Crippen LogP contribution in [0.1, 0.15) is 28.3 Å². The summed E-state index contributed by atoms with van der Waals surface area (Å²) >= 11 is 0. The summed E-state index contributed by atoms with van der Waals surface area (Å²) in [6, 6.07) is 14.6. The van der Waals surface area contributed by atoms with Gasteiger partial charge < -0.3 is 10.1 Å². The van der Waals surface area contributed by atoms with Crippen molar-refractivity contribution in [2.75, 3.05) is 5.32 Å². The Morgan fingerprint density at radius 1 is 1.17 bits per heavy atom. The fourth-order valence-electron chi connectivity index (χ4n) is 2.96. The normalized spacial score (nSPS) is 19.2. The van der Waals surface area contributed by atoms with Gasteiger partial charge in [0.15, 0.2) is 0 Å².